The van der Waals surface area contributed by atoms with Crippen molar-refractivity contribution in [1.82, 2.24) is 4.90 Å². The van der Waals surface area contributed by atoms with Crippen LogP contribution in [0.3, 0.4) is 0 Å². The molecule has 0 saturated carbocycles. The molecule has 2 aliphatic rings. The molecule has 1 saturated heterocycles. The standard InChI is InChI=1S/C22H20ClN3OS/c1-2-15-7-9-16(10-8-15)25-13-26-21(27)11-18(17-5-3-4-6-20(17)23)19(12-24)22(26)28-14-25/h3-10,18H,2,11,13-14H2,1H3/t18-/m1/s1. The Morgan fingerprint density at radius 2 is 1.96 bits per heavy atom. The average molecular weight is 410 g/mol. The van der Waals surface area contributed by atoms with Crippen molar-refractivity contribution in [3.63, 3.8) is 0 Å². The molecular weight excluding hydrogens is 390 g/mol. The Hall–Kier alpha value is -2.42. The SMILES string of the molecule is CCc1ccc(N2CSC3=C(C#N)[C@@H](c4ccccc4Cl)CC(=O)N3C2)cc1. The zero-order valence-corrected chi connectivity index (χ0v) is 17.1. The van der Waals surface area contributed by atoms with Crippen molar-refractivity contribution in [2.75, 3.05) is 17.4 Å². The molecule has 28 heavy (non-hydrogen) atoms. The topological polar surface area (TPSA) is 47.3 Å². The van der Waals surface area contributed by atoms with Gasteiger partial charge in [0.2, 0.25) is 5.91 Å². The molecule has 0 spiro atoms. The molecule has 0 aromatic heterocycles. The fourth-order valence-corrected chi connectivity index (χ4v) is 5.13. The number of anilines is 1. The Bertz CT molecular complexity index is 980. The molecule has 0 radical (unpaired) electrons. The van der Waals surface area contributed by atoms with Gasteiger partial charge in [0, 0.05) is 23.0 Å². The highest BCUT2D eigenvalue weighted by atomic mass is 35.5. The number of nitriles is 1. The third-order valence-electron chi connectivity index (χ3n) is 5.28. The second kappa shape index (κ2) is 7.90. The van der Waals surface area contributed by atoms with E-state index in [2.05, 4.69) is 42.2 Å². The Morgan fingerprint density at radius 3 is 2.64 bits per heavy atom. The summed E-state index contributed by atoms with van der Waals surface area (Å²) in [5.41, 5.74) is 3.86. The van der Waals surface area contributed by atoms with Gasteiger partial charge < -0.3 is 4.90 Å². The van der Waals surface area contributed by atoms with Gasteiger partial charge in [-0.2, -0.15) is 5.26 Å². The second-order valence-corrected chi connectivity index (χ2v) is 8.25. The average Bonchev–Trinajstić information content (AvgIpc) is 2.74. The number of amides is 1. The van der Waals surface area contributed by atoms with Gasteiger partial charge in [-0.3, -0.25) is 9.69 Å². The molecule has 0 bridgehead atoms. The Kier molecular flexibility index (Phi) is 5.34. The number of rotatable bonds is 3. The van der Waals surface area contributed by atoms with E-state index in [1.165, 1.54) is 5.56 Å². The van der Waals surface area contributed by atoms with E-state index in [1.54, 1.807) is 16.7 Å². The van der Waals surface area contributed by atoms with Crippen molar-refractivity contribution < 1.29 is 4.79 Å². The lowest BCUT2D eigenvalue weighted by molar-refractivity contribution is -0.129. The van der Waals surface area contributed by atoms with Crippen LogP contribution >= 0.6 is 23.4 Å². The van der Waals surface area contributed by atoms with Crippen LogP contribution in [0.1, 0.15) is 30.4 Å². The molecular formula is C22H20ClN3OS. The summed E-state index contributed by atoms with van der Waals surface area (Å²) >= 11 is 7.90. The van der Waals surface area contributed by atoms with Gasteiger partial charge in [-0.15, -0.1) is 0 Å². The van der Waals surface area contributed by atoms with Crippen molar-refractivity contribution in [3.8, 4) is 6.07 Å². The van der Waals surface area contributed by atoms with E-state index < -0.39 is 0 Å². The third kappa shape index (κ3) is 3.39. The largest absolute Gasteiger partial charge is 0.344 e. The number of nitrogens with zero attached hydrogens (tertiary/aromatic N) is 3. The molecule has 2 heterocycles. The molecule has 6 heteroatoms. The molecule has 4 nitrogen and oxygen atoms in total. The van der Waals surface area contributed by atoms with Crippen LogP contribution in [-0.2, 0) is 11.2 Å². The molecule has 4 rings (SSSR count). The molecule has 0 N–H and O–H groups in total. The van der Waals surface area contributed by atoms with Crippen LogP contribution in [0.15, 0.2) is 59.1 Å². The van der Waals surface area contributed by atoms with Gasteiger partial charge in [0.25, 0.3) is 0 Å². The molecule has 1 fully saturated rings. The summed E-state index contributed by atoms with van der Waals surface area (Å²) < 4.78 is 0. The van der Waals surface area contributed by atoms with Crippen LogP contribution in [0, 0.1) is 11.3 Å². The molecule has 142 valence electrons. The quantitative estimate of drug-likeness (QED) is 0.705. The van der Waals surface area contributed by atoms with Crippen molar-refractivity contribution in [2.24, 2.45) is 0 Å². The molecule has 0 unspecified atom stereocenters. The van der Waals surface area contributed by atoms with E-state index in [0.29, 0.717) is 23.1 Å². The van der Waals surface area contributed by atoms with E-state index in [4.69, 9.17) is 11.6 Å². The summed E-state index contributed by atoms with van der Waals surface area (Å²) in [4.78, 5) is 16.9. The van der Waals surface area contributed by atoms with Gasteiger partial charge in [-0.1, -0.05) is 60.6 Å². The highest BCUT2D eigenvalue weighted by Crippen LogP contribution is 2.44. The number of fused-ring (bicyclic) bond motifs is 1. The normalized spacial score (nSPS) is 19.5. The molecule has 1 atom stereocenters. The summed E-state index contributed by atoms with van der Waals surface area (Å²) in [5, 5.41) is 11.2. The van der Waals surface area contributed by atoms with E-state index >= 15 is 0 Å². The first kappa shape index (κ1) is 18.9. The van der Waals surface area contributed by atoms with E-state index in [9.17, 15) is 10.1 Å². The lowest BCUT2D eigenvalue weighted by Gasteiger charge is -2.42. The monoisotopic (exact) mass is 409 g/mol. The van der Waals surface area contributed by atoms with Gasteiger partial charge in [0.15, 0.2) is 0 Å². The van der Waals surface area contributed by atoms with Crippen LogP contribution in [-0.4, -0.2) is 23.4 Å². The number of hydrogen-bond acceptors (Lipinski definition) is 4. The maximum Gasteiger partial charge on any atom is 0.229 e. The van der Waals surface area contributed by atoms with Gasteiger partial charge in [-0.25, -0.2) is 0 Å². The van der Waals surface area contributed by atoms with Crippen LogP contribution < -0.4 is 4.90 Å². The molecule has 2 aromatic rings. The van der Waals surface area contributed by atoms with E-state index in [-0.39, 0.29) is 18.2 Å². The maximum atomic E-state index is 13.0. The van der Waals surface area contributed by atoms with Crippen molar-refractivity contribution >= 4 is 35.0 Å². The molecule has 1 amide bonds. The highest BCUT2D eigenvalue weighted by molar-refractivity contribution is 8.03. The molecule has 2 aromatic carbocycles. The summed E-state index contributed by atoms with van der Waals surface area (Å²) in [5.74, 6) is 0.451. The number of carbonyl (C=O) groups excluding carboxylic acids is 1. The Balaban J connectivity index is 1.65. The first-order valence-electron chi connectivity index (χ1n) is 9.28. The minimum atomic E-state index is -0.277. The number of hydrogen-bond donors (Lipinski definition) is 0. The Labute approximate surface area is 174 Å². The fourth-order valence-electron chi connectivity index (χ4n) is 3.69. The summed E-state index contributed by atoms with van der Waals surface area (Å²) in [6, 6.07) is 18.3. The number of benzene rings is 2. The molecule has 0 aliphatic carbocycles. The third-order valence-corrected chi connectivity index (χ3v) is 6.78. The van der Waals surface area contributed by atoms with Crippen LogP contribution in [0.2, 0.25) is 5.02 Å². The first-order valence-corrected chi connectivity index (χ1v) is 10.6. The highest BCUT2D eigenvalue weighted by Gasteiger charge is 2.38. The number of aryl methyl sites for hydroxylation is 1. The van der Waals surface area contributed by atoms with Crippen molar-refractivity contribution in [3.05, 3.63) is 75.3 Å². The minimum absolute atomic E-state index is 0.0290. The predicted molar refractivity (Wildman–Crippen MR) is 114 cm³/mol. The van der Waals surface area contributed by atoms with Gasteiger partial charge in [-0.05, 0) is 35.7 Å². The van der Waals surface area contributed by atoms with E-state index in [1.807, 2.05) is 24.3 Å². The second-order valence-electron chi connectivity index (χ2n) is 6.91. The minimum Gasteiger partial charge on any atom is -0.344 e. The number of carbonyl (C=O) groups is 1. The number of allylic oxidation sites excluding steroid dienone is 1. The van der Waals surface area contributed by atoms with Crippen LogP contribution in [0.4, 0.5) is 5.69 Å². The van der Waals surface area contributed by atoms with Gasteiger partial charge in [0.05, 0.1) is 29.2 Å². The van der Waals surface area contributed by atoms with Crippen molar-refractivity contribution in [2.45, 2.75) is 25.7 Å². The van der Waals surface area contributed by atoms with E-state index in [0.717, 1.165) is 22.7 Å². The smallest absolute Gasteiger partial charge is 0.229 e. The summed E-state index contributed by atoms with van der Waals surface area (Å²) in [6.45, 7) is 2.60. The van der Waals surface area contributed by atoms with Gasteiger partial charge in [0.1, 0.15) is 0 Å². The van der Waals surface area contributed by atoms with Gasteiger partial charge >= 0.3 is 0 Å². The zero-order chi connectivity index (χ0) is 19.7. The summed E-state index contributed by atoms with van der Waals surface area (Å²) in [7, 11) is 0. The maximum absolute atomic E-state index is 13.0. The molecule has 2 aliphatic heterocycles. The van der Waals surface area contributed by atoms with Crippen LogP contribution in [0.5, 0.6) is 0 Å². The number of thioether (sulfide) groups is 1. The summed E-state index contributed by atoms with van der Waals surface area (Å²) in [6.07, 6.45) is 1.26. The number of halogens is 1. The Morgan fingerprint density at radius 1 is 1.21 bits per heavy atom. The lowest BCUT2D eigenvalue weighted by atomic mass is 9.86. The van der Waals surface area contributed by atoms with Crippen LogP contribution in [0.25, 0.3) is 0 Å². The lowest BCUT2D eigenvalue weighted by Crippen LogP contribution is -2.47. The fraction of sp³-hybridized carbons (Fsp3) is 0.273. The van der Waals surface area contributed by atoms with Crippen molar-refractivity contribution in [1.29, 1.82) is 5.26 Å². The zero-order valence-electron chi connectivity index (χ0n) is 15.6. The predicted octanol–water partition coefficient (Wildman–Crippen LogP) is 5.12. The first-order chi connectivity index (χ1) is 13.6.